The smallest absolute Gasteiger partial charge is 0.290 e. The first-order valence-electron chi connectivity index (χ1n) is 10.9. The Labute approximate surface area is 188 Å². The van der Waals surface area contributed by atoms with Gasteiger partial charge in [-0.1, -0.05) is 29.8 Å². The predicted molar refractivity (Wildman–Crippen MR) is 120 cm³/mol. The Morgan fingerprint density at radius 1 is 1.19 bits per heavy atom. The van der Waals surface area contributed by atoms with Gasteiger partial charge in [-0.05, 0) is 61.4 Å². The fourth-order valence-electron chi connectivity index (χ4n) is 4.46. The van der Waals surface area contributed by atoms with Gasteiger partial charge in [-0.3, -0.25) is 19.5 Å². The second-order valence-corrected chi connectivity index (χ2v) is 8.45. The maximum absolute atomic E-state index is 14.3. The third-order valence-electron chi connectivity index (χ3n) is 6.04. The molecule has 1 aliphatic heterocycles. The number of carboxylic acid groups (broad SMARTS) is 1. The highest BCUT2D eigenvalue weighted by Gasteiger charge is 2.49. The van der Waals surface area contributed by atoms with Crippen LogP contribution in [0.2, 0.25) is 0 Å². The van der Waals surface area contributed by atoms with Crippen LogP contribution in [0.4, 0.5) is 4.39 Å². The minimum absolute atomic E-state index is 0.0400. The van der Waals surface area contributed by atoms with Crippen LogP contribution < -0.4 is 5.32 Å². The number of hydrogen-bond donors (Lipinski definition) is 2. The molecule has 1 aromatic carbocycles. The minimum Gasteiger partial charge on any atom is -0.483 e. The van der Waals surface area contributed by atoms with Crippen LogP contribution in [0.15, 0.2) is 60.4 Å². The van der Waals surface area contributed by atoms with Crippen molar-refractivity contribution in [2.45, 2.75) is 38.6 Å². The zero-order valence-corrected chi connectivity index (χ0v) is 18.2. The summed E-state index contributed by atoms with van der Waals surface area (Å²) in [5.74, 6) is -0.194. The van der Waals surface area contributed by atoms with Crippen LogP contribution in [0.3, 0.4) is 0 Å². The van der Waals surface area contributed by atoms with E-state index in [4.69, 9.17) is 9.90 Å². The van der Waals surface area contributed by atoms with Gasteiger partial charge >= 0.3 is 0 Å². The Morgan fingerprint density at radius 3 is 2.56 bits per heavy atom. The van der Waals surface area contributed by atoms with Crippen LogP contribution in [0.1, 0.15) is 36.8 Å². The molecule has 1 aromatic heterocycles. The molecular formula is C25H30FN3O3. The fourth-order valence-corrected chi connectivity index (χ4v) is 4.46. The van der Waals surface area contributed by atoms with Crippen molar-refractivity contribution in [2.75, 3.05) is 19.6 Å². The monoisotopic (exact) mass is 439 g/mol. The van der Waals surface area contributed by atoms with Crippen molar-refractivity contribution in [3.05, 3.63) is 77.4 Å². The Bertz CT molecular complexity index is 927. The maximum Gasteiger partial charge on any atom is 0.290 e. The highest BCUT2D eigenvalue weighted by atomic mass is 19.1. The molecule has 0 spiro atoms. The van der Waals surface area contributed by atoms with Gasteiger partial charge in [0.15, 0.2) is 0 Å². The normalized spacial score (nSPS) is 17.2. The number of halogens is 1. The van der Waals surface area contributed by atoms with Crippen molar-refractivity contribution in [1.82, 2.24) is 15.2 Å². The number of allylic oxidation sites excluding steroid dienone is 1. The molecule has 7 heteroatoms. The lowest BCUT2D eigenvalue weighted by atomic mass is 9.73. The van der Waals surface area contributed by atoms with Gasteiger partial charge in [0, 0.05) is 38.6 Å². The average molecular weight is 440 g/mol. The molecule has 4 rings (SSSR count). The second kappa shape index (κ2) is 11.5. The number of rotatable bonds is 7. The summed E-state index contributed by atoms with van der Waals surface area (Å²) in [6.07, 6.45) is 10.8. The third kappa shape index (κ3) is 6.23. The van der Waals surface area contributed by atoms with E-state index in [1.807, 2.05) is 18.2 Å². The number of carbonyl (C=O) groups is 2. The number of benzene rings is 1. The average Bonchev–Trinajstić information content (AvgIpc) is 2.79. The lowest BCUT2D eigenvalue weighted by molar-refractivity contribution is -0.142. The number of nitrogens with one attached hydrogen (secondary N) is 1. The van der Waals surface area contributed by atoms with Gasteiger partial charge in [-0.2, -0.15) is 0 Å². The molecule has 1 saturated heterocycles. The molecule has 0 saturated carbocycles. The number of amides is 1. The van der Waals surface area contributed by atoms with Crippen molar-refractivity contribution < 1.29 is 19.1 Å². The quantitative estimate of drug-likeness (QED) is 0.509. The van der Waals surface area contributed by atoms with Crippen LogP contribution in [0.25, 0.3) is 0 Å². The van der Waals surface area contributed by atoms with E-state index in [0.29, 0.717) is 31.6 Å². The van der Waals surface area contributed by atoms with Crippen LogP contribution >= 0.6 is 0 Å². The zero-order chi connectivity index (χ0) is 22.8. The molecule has 0 radical (unpaired) electrons. The van der Waals surface area contributed by atoms with Crippen molar-refractivity contribution in [2.24, 2.45) is 5.41 Å². The molecule has 0 unspecified atom stereocenters. The Kier molecular flexibility index (Phi) is 8.50. The van der Waals surface area contributed by atoms with E-state index in [0.717, 1.165) is 19.4 Å². The summed E-state index contributed by atoms with van der Waals surface area (Å²) in [6, 6.07) is 10.8. The van der Waals surface area contributed by atoms with E-state index >= 15 is 0 Å². The summed E-state index contributed by atoms with van der Waals surface area (Å²) in [4.78, 5) is 27.9. The molecule has 1 amide bonds. The molecular weight excluding hydrogens is 409 g/mol. The zero-order valence-electron chi connectivity index (χ0n) is 18.2. The van der Waals surface area contributed by atoms with E-state index in [9.17, 15) is 9.18 Å². The van der Waals surface area contributed by atoms with Crippen LogP contribution in [-0.2, 0) is 22.6 Å². The molecule has 0 atom stereocenters. The molecule has 1 aliphatic carbocycles. The summed E-state index contributed by atoms with van der Waals surface area (Å²) >= 11 is 0. The van der Waals surface area contributed by atoms with Gasteiger partial charge < -0.3 is 10.4 Å². The van der Waals surface area contributed by atoms with Gasteiger partial charge in [0.05, 0.1) is 5.41 Å². The first kappa shape index (κ1) is 23.6. The van der Waals surface area contributed by atoms with Gasteiger partial charge in [0.2, 0.25) is 5.91 Å². The molecule has 0 bridgehead atoms. The largest absolute Gasteiger partial charge is 0.483 e. The summed E-state index contributed by atoms with van der Waals surface area (Å²) in [5, 5.41) is 10.0. The predicted octanol–water partition coefficient (Wildman–Crippen LogP) is 3.58. The first-order valence-corrected chi connectivity index (χ1v) is 10.9. The van der Waals surface area contributed by atoms with Gasteiger partial charge in [-0.15, -0.1) is 0 Å². The van der Waals surface area contributed by atoms with E-state index in [-0.39, 0.29) is 18.2 Å². The van der Waals surface area contributed by atoms with Crippen molar-refractivity contribution in [1.29, 1.82) is 0 Å². The Balaban J connectivity index is 0.000000913. The Hall–Kier alpha value is -3.06. The fraction of sp³-hybridized carbons (Fsp3) is 0.400. The minimum atomic E-state index is -0.579. The van der Waals surface area contributed by atoms with Crippen LogP contribution in [-0.4, -0.2) is 47.0 Å². The summed E-state index contributed by atoms with van der Waals surface area (Å²) in [6.45, 7) is 2.41. The molecule has 32 heavy (non-hydrogen) atoms. The van der Waals surface area contributed by atoms with Crippen molar-refractivity contribution in [3.63, 3.8) is 0 Å². The maximum atomic E-state index is 14.3. The first-order chi connectivity index (χ1) is 15.6. The molecule has 1 fully saturated rings. The summed E-state index contributed by atoms with van der Waals surface area (Å²) < 4.78 is 14.3. The highest BCUT2D eigenvalue weighted by molar-refractivity contribution is 5.85. The molecule has 2 N–H and O–H groups in total. The Morgan fingerprint density at radius 2 is 1.91 bits per heavy atom. The molecule has 2 aromatic rings. The van der Waals surface area contributed by atoms with E-state index in [1.165, 1.54) is 30.0 Å². The lowest BCUT2D eigenvalue weighted by Gasteiger charge is -2.49. The number of nitrogens with zero attached hydrogens (tertiary/aromatic N) is 2. The van der Waals surface area contributed by atoms with E-state index < -0.39 is 5.41 Å². The molecule has 2 aliphatic rings. The molecule has 170 valence electrons. The molecule has 6 nitrogen and oxygen atoms in total. The van der Waals surface area contributed by atoms with Gasteiger partial charge in [0.1, 0.15) is 5.82 Å². The van der Waals surface area contributed by atoms with E-state index in [1.54, 1.807) is 24.5 Å². The topological polar surface area (TPSA) is 82.5 Å². The number of hydrogen-bond acceptors (Lipinski definition) is 4. The van der Waals surface area contributed by atoms with Gasteiger partial charge in [-0.25, -0.2) is 4.39 Å². The summed E-state index contributed by atoms with van der Waals surface area (Å²) in [5.41, 5.74) is 2.53. The standard InChI is InChI=1S/C24H28FN3O.CH2O2/c25-22-9-5-4-8-21(22)14-24(23(29)27-15-19-6-2-1-3-7-19)17-28(18-24)16-20-10-12-26-13-11-20;2-1-3/h4-6,8-13H,1-3,7,14-18H2,(H,27,29);1H,(H,2,3). The number of aromatic nitrogens is 1. The van der Waals surface area contributed by atoms with Gasteiger partial charge in [0.25, 0.3) is 6.47 Å². The number of carbonyl (C=O) groups excluding carboxylic acids is 1. The second-order valence-electron chi connectivity index (χ2n) is 8.45. The van der Waals surface area contributed by atoms with Crippen molar-refractivity contribution in [3.8, 4) is 0 Å². The SMILES string of the molecule is O=C(NCC1=CCCCC1)C1(Cc2ccccc2F)CN(Cc2ccncc2)C1.O=CO. The molecule has 2 heterocycles. The van der Waals surface area contributed by atoms with E-state index in [2.05, 4.69) is 21.3 Å². The third-order valence-corrected chi connectivity index (χ3v) is 6.04. The van der Waals surface area contributed by atoms with Crippen LogP contribution in [0.5, 0.6) is 0 Å². The summed E-state index contributed by atoms with van der Waals surface area (Å²) in [7, 11) is 0. The van der Waals surface area contributed by atoms with Crippen LogP contribution in [0, 0.1) is 11.2 Å². The number of likely N-dealkylation sites (tertiary alicyclic amines) is 1. The highest BCUT2D eigenvalue weighted by Crippen LogP contribution is 2.36. The lowest BCUT2D eigenvalue weighted by Crippen LogP contribution is -2.64. The number of pyridine rings is 1. The van der Waals surface area contributed by atoms with Crippen molar-refractivity contribution >= 4 is 12.4 Å².